The van der Waals surface area contributed by atoms with E-state index in [0.717, 1.165) is 27.6 Å². The van der Waals surface area contributed by atoms with Crippen molar-refractivity contribution < 1.29 is 14.0 Å². The summed E-state index contributed by atoms with van der Waals surface area (Å²) < 4.78 is 15.8. The minimum Gasteiger partial charge on any atom is -0.349 e. The first-order valence-electron chi connectivity index (χ1n) is 11.3. The topological polar surface area (TPSA) is 80.1 Å². The van der Waals surface area contributed by atoms with Gasteiger partial charge in [-0.2, -0.15) is 5.10 Å². The normalized spacial score (nSPS) is 21.0. The summed E-state index contributed by atoms with van der Waals surface area (Å²) in [5, 5.41) is 8.15. The van der Waals surface area contributed by atoms with Gasteiger partial charge < -0.3 is 10.2 Å². The second-order valence-corrected chi connectivity index (χ2v) is 11.0. The highest BCUT2D eigenvalue weighted by molar-refractivity contribution is 9.10. The summed E-state index contributed by atoms with van der Waals surface area (Å²) in [6.45, 7) is 7.34. The Bertz CT molecular complexity index is 1290. The molecule has 34 heavy (non-hydrogen) atoms. The number of piperidine rings is 1. The van der Waals surface area contributed by atoms with Gasteiger partial charge in [-0.05, 0) is 78.7 Å². The number of rotatable bonds is 6. The van der Waals surface area contributed by atoms with E-state index in [4.69, 9.17) is 0 Å². The van der Waals surface area contributed by atoms with Gasteiger partial charge in [0.1, 0.15) is 17.2 Å². The van der Waals surface area contributed by atoms with Crippen LogP contribution in [0, 0.1) is 31.5 Å². The fourth-order valence-corrected chi connectivity index (χ4v) is 6.15. The number of benzene rings is 1. The van der Waals surface area contributed by atoms with Crippen LogP contribution in [0.5, 0.6) is 0 Å². The molecule has 178 valence electrons. The molecular formula is C24H25BrFN5O2S. The summed E-state index contributed by atoms with van der Waals surface area (Å²) in [7, 11) is 0. The second-order valence-electron chi connectivity index (χ2n) is 8.92. The van der Waals surface area contributed by atoms with Crippen LogP contribution >= 0.6 is 27.3 Å². The highest BCUT2D eigenvalue weighted by atomic mass is 79.9. The maximum Gasteiger partial charge on any atom is 0.274 e. The van der Waals surface area contributed by atoms with Gasteiger partial charge >= 0.3 is 0 Å². The molecule has 1 aromatic carbocycles. The Hall–Kier alpha value is -2.59. The third-order valence-electron chi connectivity index (χ3n) is 6.59. The first-order chi connectivity index (χ1) is 16.3. The van der Waals surface area contributed by atoms with E-state index in [-0.39, 0.29) is 23.7 Å². The van der Waals surface area contributed by atoms with Crippen molar-refractivity contribution in [3.05, 3.63) is 56.6 Å². The lowest BCUT2D eigenvalue weighted by atomic mass is 10.1. The molecule has 7 nitrogen and oxygen atoms in total. The Morgan fingerprint density at radius 1 is 1.29 bits per heavy atom. The summed E-state index contributed by atoms with van der Waals surface area (Å²) in [5.41, 5.74) is 2.46. The van der Waals surface area contributed by atoms with Gasteiger partial charge in [-0.25, -0.2) is 9.37 Å². The lowest BCUT2D eigenvalue weighted by Gasteiger charge is -2.27. The van der Waals surface area contributed by atoms with Gasteiger partial charge in [-0.1, -0.05) is 6.07 Å². The molecule has 3 heterocycles. The van der Waals surface area contributed by atoms with Crippen LogP contribution in [-0.4, -0.2) is 50.6 Å². The van der Waals surface area contributed by atoms with Crippen LogP contribution < -0.4 is 5.32 Å². The molecular weight excluding hydrogens is 521 g/mol. The average Bonchev–Trinajstić information content (AvgIpc) is 3.13. The smallest absolute Gasteiger partial charge is 0.274 e. The zero-order valence-electron chi connectivity index (χ0n) is 19.1. The van der Waals surface area contributed by atoms with Gasteiger partial charge in [-0.3, -0.25) is 14.3 Å². The third-order valence-corrected chi connectivity index (χ3v) is 8.22. The van der Waals surface area contributed by atoms with Crippen LogP contribution in [-0.2, 0) is 6.54 Å². The number of likely N-dealkylation sites (tertiary alicyclic amines) is 1. The summed E-state index contributed by atoms with van der Waals surface area (Å²) in [6.07, 6.45) is 1.07. The number of carbonyl (C=O) groups is 2. The van der Waals surface area contributed by atoms with E-state index in [1.807, 2.05) is 25.7 Å². The molecule has 1 aliphatic carbocycles. The minimum atomic E-state index is -0.354. The van der Waals surface area contributed by atoms with Gasteiger partial charge in [0.05, 0.1) is 26.1 Å². The quantitative estimate of drug-likeness (QED) is 0.496. The molecule has 2 aliphatic rings. The number of hydrogen-bond acceptors (Lipinski definition) is 5. The molecule has 2 aromatic heterocycles. The number of aryl methyl sites for hydroxylation is 3. The van der Waals surface area contributed by atoms with Crippen molar-refractivity contribution in [3.8, 4) is 10.4 Å². The number of thiazole rings is 1. The highest BCUT2D eigenvalue weighted by Gasteiger charge is 2.54. The number of nitrogens with zero attached hydrogens (tertiary/aromatic N) is 4. The van der Waals surface area contributed by atoms with E-state index in [1.54, 1.807) is 22.9 Å². The van der Waals surface area contributed by atoms with Crippen LogP contribution in [0.2, 0.25) is 0 Å². The summed E-state index contributed by atoms with van der Waals surface area (Å²) in [6, 6.07) is 6.44. The molecule has 0 radical (unpaired) electrons. The number of nitrogens with one attached hydrogen (secondary N) is 1. The molecule has 1 N–H and O–H groups in total. The highest BCUT2D eigenvalue weighted by Crippen LogP contribution is 2.50. The van der Waals surface area contributed by atoms with E-state index in [1.165, 1.54) is 17.4 Å². The molecule has 0 bridgehead atoms. The number of hydrogen-bond donors (Lipinski definition) is 1. The lowest BCUT2D eigenvalue weighted by Crippen LogP contribution is -2.46. The Morgan fingerprint density at radius 3 is 2.82 bits per heavy atom. The van der Waals surface area contributed by atoms with Crippen LogP contribution in [0.25, 0.3) is 10.4 Å². The van der Waals surface area contributed by atoms with E-state index in [9.17, 15) is 14.0 Å². The van der Waals surface area contributed by atoms with Gasteiger partial charge in [0.2, 0.25) is 0 Å². The molecule has 1 saturated carbocycles. The molecule has 3 aromatic rings. The number of halogens is 2. The van der Waals surface area contributed by atoms with Crippen LogP contribution in [0.3, 0.4) is 0 Å². The van der Waals surface area contributed by atoms with E-state index >= 15 is 0 Å². The van der Waals surface area contributed by atoms with Crippen LogP contribution in [0.15, 0.2) is 28.7 Å². The standard InChI is InChI=1S/C24H25BrFN5O2S/c1-4-31-19(7-12(2)29-31)23(32)27-10-20-16-8-15(16)11-30(20)24(33)21-22(34-13(3)28-21)14-5-6-18(26)17(25)9-14/h5-7,9,15-16,20H,4,8,10-11H2,1-3H3,(H,27,32)/t15-,16-,20+/m0/s1. The molecule has 1 saturated heterocycles. The minimum absolute atomic E-state index is 0.0737. The van der Waals surface area contributed by atoms with Gasteiger partial charge in [0, 0.05) is 19.6 Å². The first-order valence-corrected chi connectivity index (χ1v) is 12.9. The van der Waals surface area contributed by atoms with E-state index in [0.29, 0.717) is 47.3 Å². The van der Waals surface area contributed by atoms with Crippen molar-refractivity contribution in [2.75, 3.05) is 13.1 Å². The summed E-state index contributed by atoms with van der Waals surface area (Å²) >= 11 is 4.66. The zero-order chi connectivity index (χ0) is 24.1. The third kappa shape index (κ3) is 4.17. The van der Waals surface area contributed by atoms with Crippen molar-refractivity contribution in [2.45, 2.75) is 39.8 Å². The largest absolute Gasteiger partial charge is 0.349 e. The second kappa shape index (κ2) is 8.88. The summed E-state index contributed by atoms with van der Waals surface area (Å²) in [5.74, 6) is 0.191. The lowest BCUT2D eigenvalue weighted by molar-refractivity contribution is 0.0690. The Kier molecular flexibility index (Phi) is 6.05. The molecule has 1 aliphatic heterocycles. The summed E-state index contributed by atoms with van der Waals surface area (Å²) in [4.78, 5) is 33.6. The van der Waals surface area contributed by atoms with Gasteiger partial charge in [0.25, 0.3) is 11.8 Å². The van der Waals surface area contributed by atoms with Crippen molar-refractivity contribution in [3.63, 3.8) is 0 Å². The molecule has 0 spiro atoms. The first kappa shape index (κ1) is 23.2. The molecule has 2 fully saturated rings. The number of carbonyl (C=O) groups excluding carboxylic acids is 2. The maximum absolute atomic E-state index is 13.8. The van der Waals surface area contributed by atoms with Crippen molar-refractivity contribution in [1.29, 1.82) is 0 Å². The monoisotopic (exact) mass is 545 g/mol. The SMILES string of the molecule is CCn1nc(C)cc1C(=O)NC[C@@H]1[C@H]2C[C@H]2CN1C(=O)c1nc(C)sc1-c1ccc(F)c(Br)c1. The van der Waals surface area contributed by atoms with Gasteiger partial charge in [0.15, 0.2) is 0 Å². The fraction of sp³-hybridized carbons (Fsp3) is 0.417. The Labute approximate surface area is 209 Å². The predicted octanol–water partition coefficient (Wildman–Crippen LogP) is 4.44. The van der Waals surface area contributed by atoms with E-state index < -0.39 is 0 Å². The number of fused-ring (bicyclic) bond motifs is 1. The molecule has 10 heteroatoms. The fourth-order valence-electron chi connectivity index (χ4n) is 4.86. The molecule has 3 atom stereocenters. The molecule has 0 unspecified atom stereocenters. The van der Waals surface area contributed by atoms with Crippen LogP contribution in [0.1, 0.15) is 45.0 Å². The van der Waals surface area contributed by atoms with E-state index in [2.05, 4.69) is 31.3 Å². The molecule has 2 amide bonds. The van der Waals surface area contributed by atoms with Crippen molar-refractivity contribution >= 4 is 39.1 Å². The Balaban J connectivity index is 1.36. The maximum atomic E-state index is 13.8. The predicted molar refractivity (Wildman–Crippen MR) is 131 cm³/mol. The van der Waals surface area contributed by atoms with Gasteiger partial charge in [-0.15, -0.1) is 11.3 Å². The van der Waals surface area contributed by atoms with Crippen molar-refractivity contribution in [2.24, 2.45) is 11.8 Å². The zero-order valence-corrected chi connectivity index (χ0v) is 21.5. The van der Waals surface area contributed by atoms with Crippen molar-refractivity contribution in [1.82, 2.24) is 25.0 Å². The number of amides is 2. The average molecular weight is 546 g/mol. The molecule has 5 rings (SSSR count). The Morgan fingerprint density at radius 2 is 2.09 bits per heavy atom. The van der Waals surface area contributed by atoms with Crippen LogP contribution in [0.4, 0.5) is 4.39 Å². The number of aromatic nitrogens is 3.